The van der Waals surface area contributed by atoms with E-state index >= 15 is 0 Å². The van der Waals surface area contributed by atoms with Crippen molar-refractivity contribution in [2.75, 3.05) is 13.2 Å². The number of carbonyl (C=O) groups is 1. The number of allylic oxidation sites excluding steroid dienone is 1. The third-order valence-corrected chi connectivity index (χ3v) is 2.38. The number of aldehydes is 1. The molecule has 0 aliphatic heterocycles. The number of aliphatic hydroxyl groups is 1. The normalized spacial score (nSPS) is 14.4. The second-order valence-corrected chi connectivity index (χ2v) is 3.43. The molecule has 0 amide bonds. The highest BCUT2D eigenvalue weighted by molar-refractivity contribution is 5.65. The van der Waals surface area contributed by atoms with E-state index in [1.165, 1.54) is 6.08 Å². The van der Waals surface area contributed by atoms with Crippen LogP contribution in [0.2, 0.25) is 0 Å². The van der Waals surface area contributed by atoms with E-state index in [2.05, 4.69) is 6.58 Å². The van der Waals surface area contributed by atoms with Crippen LogP contribution >= 0.6 is 0 Å². The third-order valence-electron chi connectivity index (χ3n) is 2.38. The van der Waals surface area contributed by atoms with Crippen molar-refractivity contribution in [1.82, 2.24) is 0 Å². The summed E-state index contributed by atoms with van der Waals surface area (Å²) in [5, 5.41) is 8.84. The maximum atomic E-state index is 10.4. The lowest BCUT2D eigenvalue weighted by molar-refractivity contribution is -0.104. The van der Waals surface area contributed by atoms with Crippen molar-refractivity contribution >= 4 is 6.29 Å². The van der Waals surface area contributed by atoms with Gasteiger partial charge in [-0.1, -0.05) is 43.0 Å². The number of carbonyl (C=O) groups excluding carboxylic acids is 1. The van der Waals surface area contributed by atoms with Crippen LogP contribution in [0.25, 0.3) is 0 Å². The molecule has 0 aromatic heterocycles. The molecule has 3 nitrogen and oxygen atoms in total. The van der Waals surface area contributed by atoms with Gasteiger partial charge in [-0.15, -0.1) is 0 Å². The quantitative estimate of drug-likeness (QED) is 0.443. The molecule has 0 aliphatic rings. The van der Waals surface area contributed by atoms with Crippen LogP contribution in [0.4, 0.5) is 0 Å². The first-order valence-electron chi connectivity index (χ1n) is 5.36. The van der Waals surface area contributed by atoms with Gasteiger partial charge in [0, 0.05) is 0 Å². The Hall–Kier alpha value is -1.71. The van der Waals surface area contributed by atoms with Gasteiger partial charge in [0.1, 0.15) is 11.9 Å². The summed E-state index contributed by atoms with van der Waals surface area (Å²) in [6, 6.07) is 9.42. The highest BCUT2D eigenvalue weighted by atomic mass is 16.5. The number of hydrogen-bond donors (Lipinski definition) is 1. The Labute approximate surface area is 101 Å². The minimum absolute atomic E-state index is 0.0860. The van der Waals surface area contributed by atoms with Crippen molar-refractivity contribution in [3.8, 4) is 0 Å². The van der Waals surface area contributed by atoms with Crippen molar-refractivity contribution in [2.24, 2.45) is 0 Å². The summed E-state index contributed by atoms with van der Waals surface area (Å²) in [4.78, 5) is 10.4. The van der Waals surface area contributed by atoms with Gasteiger partial charge in [-0.2, -0.15) is 0 Å². The Kier molecular flexibility index (Phi) is 5.33. The van der Waals surface area contributed by atoms with Gasteiger partial charge < -0.3 is 9.84 Å². The average molecular weight is 232 g/mol. The number of ether oxygens (including phenoxy) is 1. The lowest BCUT2D eigenvalue weighted by Crippen LogP contribution is -2.26. The van der Waals surface area contributed by atoms with Gasteiger partial charge in [0.2, 0.25) is 0 Å². The first-order chi connectivity index (χ1) is 8.29. The number of benzene rings is 1. The van der Waals surface area contributed by atoms with Gasteiger partial charge in [-0.25, -0.2) is 0 Å². The fraction of sp³-hybridized carbons (Fsp3) is 0.214. The van der Waals surface area contributed by atoms with Crippen molar-refractivity contribution in [1.29, 1.82) is 0 Å². The van der Waals surface area contributed by atoms with E-state index in [0.717, 1.165) is 5.56 Å². The summed E-state index contributed by atoms with van der Waals surface area (Å²) < 4.78 is 5.60. The fourth-order valence-corrected chi connectivity index (χ4v) is 1.57. The maximum Gasteiger partial charge on any atom is 0.142 e. The monoisotopic (exact) mass is 232 g/mol. The van der Waals surface area contributed by atoms with Crippen LogP contribution in [-0.2, 0) is 15.1 Å². The minimum atomic E-state index is -0.870. The van der Waals surface area contributed by atoms with E-state index in [9.17, 15) is 4.79 Å². The lowest BCUT2D eigenvalue weighted by atomic mass is 9.93. The summed E-state index contributed by atoms with van der Waals surface area (Å²) in [6.07, 6.45) is 5.28. The Bertz CT molecular complexity index is 384. The predicted octanol–water partition coefficient (Wildman–Crippen LogP) is 1.83. The number of hydrogen-bond acceptors (Lipinski definition) is 3. The maximum absolute atomic E-state index is 10.4. The van der Waals surface area contributed by atoms with Gasteiger partial charge in [-0.05, 0) is 17.7 Å². The second-order valence-electron chi connectivity index (χ2n) is 3.43. The largest absolute Gasteiger partial charge is 0.394 e. The fourth-order valence-electron chi connectivity index (χ4n) is 1.57. The Morgan fingerprint density at radius 3 is 2.59 bits per heavy atom. The van der Waals surface area contributed by atoms with E-state index < -0.39 is 5.60 Å². The van der Waals surface area contributed by atoms with Crippen molar-refractivity contribution in [3.05, 3.63) is 60.7 Å². The Morgan fingerprint density at radius 1 is 1.35 bits per heavy atom. The van der Waals surface area contributed by atoms with Crippen LogP contribution < -0.4 is 0 Å². The van der Waals surface area contributed by atoms with Gasteiger partial charge in [0.15, 0.2) is 0 Å². The minimum Gasteiger partial charge on any atom is -0.394 e. The second kappa shape index (κ2) is 6.78. The van der Waals surface area contributed by atoms with Gasteiger partial charge >= 0.3 is 0 Å². The van der Waals surface area contributed by atoms with Gasteiger partial charge in [0.05, 0.1) is 13.2 Å². The van der Waals surface area contributed by atoms with Crippen molar-refractivity contribution in [2.45, 2.75) is 5.60 Å². The zero-order valence-corrected chi connectivity index (χ0v) is 9.58. The van der Waals surface area contributed by atoms with Crippen LogP contribution in [0.1, 0.15) is 5.56 Å². The molecule has 1 aromatic carbocycles. The molecule has 0 saturated carbocycles. The molecular formula is C14H16O3. The topological polar surface area (TPSA) is 46.5 Å². The molecular weight excluding hydrogens is 216 g/mol. The third kappa shape index (κ3) is 3.37. The summed E-state index contributed by atoms with van der Waals surface area (Å²) >= 11 is 0. The molecule has 0 bridgehead atoms. The van der Waals surface area contributed by atoms with Crippen molar-refractivity contribution < 1.29 is 14.6 Å². The summed E-state index contributed by atoms with van der Waals surface area (Å²) in [5.74, 6) is 0. The average Bonchev–Trinajstić information content (AvgIpc) is 2.41. The first-order valence-corrected chi connectivity index (χ1v) is 5.36. The van der Waals surface area contributed by atoms with E-state index in [1.807, 2.05) is 30.3 Å². The number of aliphatic hydroxyl groups excluding tert-OH is 1. The van der Waals surface area contributed by atoms with Crippen molar-refractivity contribution in [3.63, 3.8) is 0 Å². The zero-order chi connectivity index (χ0) is 12.6. The van der Waals surface area contributed by atoms with E-state index in [4.69, 9.17) is 9.84 Å². The molecule has 1 atom stereocenters. The lowest BCUT2D eigenvalue weighted by Gasteiger charge is -2.27. The molecule has 0 saturated heterocycles. The molecule has 17 heavy (non-hydrogen) atoms. The summed E-state index contributed by atoms with van der Waals surface area (Å²) in [6.45, 7) is 3.83. The van der Waals surface area contributed by atoms with E-state index in [-0.39, 0.29) is 13.2 Å². The molecule has 0 spiro atoms. The van der Waals surface area contributed by atoms with Crippen LogP contribution in [0.5, 0.6) is 0 Å². The molecule has 0 heterocycles. The van der Waals surface area contributed by atoms with Crippen LogP contribution in [-0.4, -0.2) is 24.6 Å². The molecule has 1 rings (SSSR count). The molecule has 1 unspecified atom stereocenters. The summed E-state index contributed by atoms with van der Waals surface area (Å²) in [5.41, 5.74) is -0.00759. The molecule has 0 radical (unpaired) electrons. The zero-order valence-electron chi connectivity index (χ0n) is 9.58. The first kappa shape index (κ1) is 13.4. The Balaban J connectivity index is 3.10. The van der Waals surface area contributed by atoms with Crippen LogP contribution in [0.15, 0.2) is 55.1 Å². The molecule has 1 aromatic rings. The van der Waals surface area contributed by atoms with Crippen LogP contribution in [0.3, 0.4) is 0 Å². The van der Waals surface area contributed by atoms with E-state index in [1.54, 1.807) is 12.2 Å². The smallest absolute Gasteiger partial charge is 0.142 e. The molecule has 3 heteroatoms. The summed E-state index contributed by atoms with van der Waals surface area (Å²) in [7, 11) is 0. The molecule has 0 fully saturated rings. The van der Waals surface area contributed by atoms with Crippen LogP contribution in [0, 0.1) is 0 Å². The predicted molar refractivity (Wildman–Crippen MR) is 66.6 cm³/mol. The highest BCUT2D eigenvalue weighted by Crippen LogP contribution is 2.28. The SMILES string of the molecule is C=CC(/C=C/C=O)(OCCO)c1ccccc1. The molecule has 90 valence electrons. The van der Waals surface area contributed by atoms with Gasteiger partial charge in [-0.3, -0.25) is 4.79 Å². The number of rotatable bonds is 7. The van der Waals surface area contributed by atoms with E-state index in [0.29, 0.717) is 6.29 Å². The van der Waals surface area contributed by atoms with Gasteiger partial charge in [0.25, 0.3) is 0 Å². The molecule has 0 aliphatic carbocycles. The highest BCUT2D eigenvalue weighted by Gasteiger charge is 2.26. The Morgan fingerprint density at radius 2 is 2.06 bits per heavy atom. The molecule has 1 N–H and O–H groups in total. The standard InChI is InChI=1S/C14H16O3/c1-2-14(9-6-10-15,17-12-11-16)13-7-4-3-5-8-13/h2-10,16H,1,11-12H2/b9-6+.